The number of unbranched alkanes of at least 4 members (excludes halogenated alkanes) is 2. The third kappa shape index (κ3) is 10.0. The van der Waals surface area contributed by atoms with Crippen LogP contribution in [0.4, 0.5) is 0 Å². The summed E-state index contributed by atoms with van der Waals surface area (Å²) in [4.78, 5) is 0. The van der Waals surface area contributed by atoms with Gasteiger partial charge in [-0.2, -0.15) is 0 Å². The molecule has 0 radical (unpaired) electrons. The van der Waals surface area contributed by atoms with Crippen molar-refractivity contribution in [2.45, 2.75) is 90.7 Å². The molecule has 5 heteroatoms. The highest BCUT2D eigenvalue weighted by molar-refractivity contribution is 7.83. The van der Waals surface area contributed by atoms with Crippen molar-refractivity contribution in [3.8, 4) is 11.5 Å². The summed E-state index contributed by atoms with van der Waals surface area (Å²) in [7, 11) is -0.952. The molecule has 3 unspecified atom stereocenters. The topological polar surface area (TPSA) is 35.5 Å². The fraction of sp³-hybridized carbons (Fsp3) is 0.760. The standard InChI is InChI=1S/C25H43ClO3S/c1-6-10-12-20(8-3)17-28-24-15-23(19-30(5)27)25(14-22(24)16-26)29-18-21(9-4)13-11-7-2/h14-15,20-21H,6-13,16-19H2,1-5H3. The number of hydrogen-bond donors (Lipinski definition) is 0. The van der Waals surface area contributed by atoms with Gasteiger partial charge in [-0.15, -0.1) is 11.6 Å². The molecule has 0 saturated carbocycles. The predicted molar refractivity (Wildman–Crippen MR) is 131 cm³/mol. The number of rotatable bonds is 17. The molecule has 30 heavy (non-hydrogen) atoms. The van der Waals surface area contributed by atoms with Crippen LogP contribution in [0.25, 0.3) is 0 Å². The maximum atomic E-state index is 12.0. The van der Waals surface area contributed by atoms with Crippen molar-refractivity contribution < 1.29 is 13.7 Å². The first-order valence-corrected chi connectivity index (χ1v) is 14.0. The lowest BCUT2D eigenvalue weighted by molar-refractivity contribution is 0.225. The lowest BCUT2D eigenvalue weighted by Gasteiger charge is -2.21. The first kappa shape index (κ1) is 27.3. The number of ether oxygens (including phenoxy) is 2. The van der Waals surface area contributed by atoms with E-state index in [0.717, 1.165) is 35.5 Å². The third-order valence-corrected chi connectivity index (χ3v) is 6.79. The molecule has 0 heterocycles. The van der Waals surface area contributed by atoms with Crippen molar-refractivity contribution in [3.63, 3.8) is 0 Å². The average molecular weight is 459 g/mol. The Morgan fingerprint density at radius 3 is 1.73 bits per heavy atom. The van der Waals surface area contributed by atoms with Gasteiger partial charge in [0, 0.05) is 28.2 Å². The van der Waals surface area contributed by atoms with Crippen molar-refractivity contribution in [2.75, 3.05) is 19.5 Å². The van der Waals surface area contributed by atoms with E-state index in [1.54, 1.807) is 6.26 Å². The lowest BCUT2D eigenvalue weighted by atomic mass is 10.0. The van der Waals surface area contributed by atoms with E-state index in [1.807, 2.05) is 12.1 Å². The Bertz CT molecular complexity index is 621. The number of halogens is 1. The summed E-state index contributed by atoms with van der Waals surface area (Å²) in [6, 6.07) is 4.01. The molecule has 0 aromatic heterocycles. The molecule has 3 nitrogen and oxygen atoms in total. The molecule has 0 aliphatic rings. The Morgan fingerprint density at radius 1 is 0.867 bits per heavy atom. The molecule has 0 bridgehead atoms. The van der Waals surface area contributed by atoms with Gasteiger partial charge in [0.2, 0.25) is 0 Å². The molecule has 3 atom stereocenters. The van der Waals surface area contributed by atoms with Gasteiger partial charge in [0.05, 0.1) is 24.8 Å². The van der Waals surface area contributed by atoms with Gasteiger partial charge in [-0.1, -0.05) is 66.2 Å². The van der Waals surface area contributed by atoms with Gasteiger partial charge in [0.25, 0.3) is 0 Å². The molecule has 0 spiro atoms. The molecule has 0 fully saturated rings. The van der Waals surface area contributed by atoms with Crippen LogP contribution in [0.5, 0.6) is 11.5 Å². The van der Waals surface area contributed by atoms with Crippen LogP contribution in [-0.4, -0.2) is 23.7 Å². The first-order valence-electron chi connectivity index (χ1n) is 11.8. The molecular formula is C25H43ClO3S. The highest BCUT2D eigenvalue weighted by Crippen LogP contribution is 2.32. The van der Waals surface area contributed by atoms with Crippen molar-refractivity contribution in [1.29, 1.82) is 0 Å². The van der Waals surface area contributed by atoms with Crippen LogP contribution < -0.4 is 9.47 Å². The van der Waals surface area contributed by atoms with Crippen molar-refractivity contribution in [2.24, 2.45) is 11.8 Å². The highest BCUT2D eigenvalue weighted by atomic mass is 35.5. The minimum atomic E-state index is -0.952. The third-order valence-electron chi connectivity index (χ3n) is 5.78. The molecule has 1 rings (SSSR count). The van der Waals surface area contributed by atoms with E-state index in [-0.39, 0.29) is 0 Å². The second-order valence-corrected chi connectivity index (χ2v) is 10.1. The zero-order valence-corrected chi connectivity index (χ0v) is 21.4. The molecule has 1 aromatic carbocycles. The second-order valence-electron chi connectivity index (χ2n) is 8.37. The quantitative estimate of drug-likeness (QED) is 0.227. The fourth-order valence-electron chi connectivity index (χ4n) is 3.56. The number of hydrogen-bond acceptors (Lipinski definition) is 3. The van der Waals surface area contributed by atoms with Gasteiger partial charge in [0.15, 0.2) is 0 Å². The first-order chi connectivity index (χ1) is 14.5. The largest absolute Gasteiger partial charge is 0.493 e. The monoisotopic (exact) mass is 458 g/mol. The normalized spacial score (nSPS) is 14.3. The zero-order valence-electron chi connectivity index (χ0n) is 19.8. The summed E-state index contributed by atoms with van der Waals surface area (Å²) < 4.78 is 24.4. The summed E-state index contributed by atoms with van der Waals surface area (Å²) >= 11 is 6.26. The minimum Gasteiger partial charge on any atom is -0.493 e. The highest BCUT2D eigenvalue weighted by Gasteiger charge is 2.16. The van der Waals surface area contributed by atoms with Crippen LogP contribution >= 0.6 is 11.6 Å². The van der Waals surface area contributed by atoms with E-state index in [9.17, 15) is 4.21 Å². The Labute approximate surface area is 192 Å². The van der Waals surface area contributed by atoms with Crippen molar-refractivity contribution in [1.82, 2.24) is 0 Å². The van der Waals surface area contributed by atoms with Crippen LogP contribution in [0, 0.1) is 11.8 Å². The molecule has 174 valence electrons. The smallest absolute Gasteiger partial charge is 0.124 e. The van der Waals surface area contributed by atoms with Gasteiger partial charge in [-0.3, -0.25) is 4.21 Å². The summed E-state index contributed by atoms with van der Waals surface area (Å²) in [5, 5.41) is 0. The molecule has 0 N–H and O–H groups in total. The van der Waals surface area contributed by atoms with Crippen LogP contribution in [0.15, 0.2) is 12.1 Å². The van der Waals surface area contributed by atoms with E-state index in [4.69, 9.17) is 21.1 Å². The van der Waals surface area contributed by atoms with Crippen LogP contribution in [-0.2, 0) is 22.4 Å². The Hall–Kier alpha value is -0.740. The van der Waals surface area contributed by atoms with Gasteiger partial charge < -0.3 is 9.47 Å². The maximum Gasteiger partial charge on any atom is 0.124 e. The fourth-order valence-corrected chi connectivity index (χ4v) is 4.43. The van der Waals surface area contributed by atoms with Gasteiger partial charge >= 0.3 is 0 Å². The molecule has 0 aliphatic heterocycles. The van der Waals surface area contributed by atoms with E-state index in [0.29, 0.717) is 36.7 Å². The predicted octanol–water partition coefficient (Wildman–Crippen LogP) is 7.49. The zero-order chi connectivity index (χ0) is 22.4. The second kappa shape index (κ2) is 16.0. The van der Waals surface area contributed by atoms with Gasteiger partial charge in [-0.25, -0.2) is 0 Å². The summed E-state index contributed by atoms with van der Waals surface area (Å²) in [6.07, 6.45) is 11.2. The van der Waals surface area contributed by atoms with E-state index in [1.165, 1.54) is 38.5 Å². The van der Waals surface area contributed by atoms with E-state index < -0.39 is 10.8 Å². The number of alkyl halides is 1. The van der Waals surface area contributed by atoms with Crippen LogP contribution in [0.1, 0.15) is 90.2 Å². The van der Waals surface area contributed by atoms with Gasteiger partial charge in [-0.05, 0) is 36.8 Å². The maximum absolute atomic E-state index is 12.0. The van der Waals surface area contributed by atoms with Crippen molar-refractivity contribution >= 4 is 22.4 Å². The average Bonchev–Trinajstić information content (AvgIpc) is 2.74. The molecule has 0 amide bonds. The Balaban J connectivity index is 2.99. The SMILES string of the molecule is CCCCC(CC)COc1cc(CS(C)=O)c(OCC(CC)CCCC)cc1CCl. The molecule has 0 aliphatic carbocycles. The summed E-state index contributed by atoms with van der Waals surface area (Å²) in [5.74, 6) is 3.56. The summed E-state index contributed by atoms with van der Waals surface area (Å²) in [5.41, 5.74) is 1.90. The van der Waals surface area contributed by atoms with E-state index in [2.05, 4.69) is 27.7 Å². The lowest BCUT2D eigenvalue weighted by Crippen LogP contribution is -2.14. The molecule has 1 aromatic rings. The Kier molecular flexibility index (Phi) is 14.5. The van der Waals surface area contributed by atoms with Crippen LogP contribution in [0.3, 0.4) is 0 Å². The minimum absolute atomic E-state index is 0.375. The summed E-state index contributed by atoms with van der Waals surface area (Å²) in [6.45, 7) is 10.3. The van der Waals surface area contributed by atoms with Crippen LogP contribution in [0.2, 0.25) is 0 Å². The van der Waals surface area contributed by atoms with E-state index >= 15 is 0 Å². The Morgan fingerprint density at radius 2 is 1.33 bits per heavy atom. The molecule has 0 saturated heterocycles. The van der Waals surface area contributed by atoms with Gasteiger partial charge in [0.1, 0.15) is 11.5 Å². The number of benzene rings is 1. The molecular weight excluding hydrogens is 416 g/mol. The van der Waals surface area contributed by atoms with Crippen molar-refractivity contribution in [3.05, 3.63) is 23.3 Å².